The highest BCUT2D eigenvalue weighted by Crippen LogP contribution is 2.35. The lowest BCUT2D eigenvalue weighted by Gasteiger charge is -2.23. The van der Waals surface area contributed by atoms with Gasteiger partial charge in [-0.25, -0.2) is 32.6 Å². The summed E-state index contributed by atoms with van der Waals surface area (Å²) in [5.74, 6) is -2.41. The van der Waals surface area contributed by atoms with E-state index < -0.39 is 66.6 Å². The largest absolute Gasteiger partial charge is 0.497 e. The Morgan fingerprint density at radius 1 is 0.720 bits per heavy atom. The summed E-state index contributed by atoms with van der Waals surface area (Å²) in [6.45, 7) is 0.642. The second-order valence-corrected chi connectivity index (χ2v) is 25.4. The number of methoxy groups -OCH3 is 2. The maximum Gasteiger partial charge on any atom is 0.343 e. The van der Waals surface area contributed by atoms with E-state index in [1.54, 1.807) is 91.1 Å². The fourth-order valence-corrected chi connectivity index (χ4v) is 12.5. The predicted octanol–water partition coefficient (Wildman–Crippen LogP) is 10.5. The number of hydrogen-bond acceptors (Lipinski definition) is 20. The maximum absolute atomic E-state index is 12.9. The molecule has 0 saturated heterocycles. The summed E-state index contributed by atoms with van der Waals surface area (Å²) in [5, 5.41) is 43.2. The zero-order valence-corrected chi connectivity index (χ0v) is 53.7. The summed E-state index contributed by atoms with van der Waals surface area (Å²) in [6, 6.07) is 49.3. The third-order valence-corrected chi connectivity index (χ3v) is 18.4. The average Bonchev–Trinajstić information content (AvgIpc) is 0.792. The molecule has 0 bridgehead atoms. The number of nitrogens with zero attached hydrogens (tertiary/aromatic N) is 4. The highest BCUT2D eigenvalue weighted by atomic mass is 35.5. The van der Waals surface area contributed by atoms with E-state index in [0.717, 1.165) is 20.9 Å². The first-order valence-corrected chi connectivity index (χ1v) is 32.7. The van der Waals surface area contributed by atoms with Crippen molar-refractivity contribution in [1.29, 1.82) is 0 Å². The van der Waals surface area contributed by atoms with E-state index in [9.17, 15) is 55.7 Å². The van der Waals surface area contributed by atoms with Crippen LogP contribution in [0.25, 0.3) is 0 Å². The maximum atomic E-state index is 12.9. The van der Waals surface area contributed by atoms with Gasteiger partial charge >= 0.3 is 29.6 Å². The molecular weight excluding hydrogens is 1330 g/mol. The summed E-state index contributed by atoms with van der Waals surface area (Å²) in [6.07, 6.45) is 3.00. The van der Waals surface area contributed by atoms with Crippen molar-refractivity contribution in [2.24, 2.45) is 5.10 Å². The molecule has 2 heterocycles. The zero-order valence-electron chi connectivity index (χ0n) is 48.8. The van der Waals surface area contributed by atoms with Crippen molar-refractivity contribution in [3.05, 3.63) is 258 Å². The Hall–Kier alpha value is -10.2. The molecule has 0 fully saturated rings. The number of nitro benzene ring substituents is 1. The number of sulfonamides is 2. The van der Waals surface area contributed by atoms with Gasteiger partial charge < -0.3 is 34.5 Å². The van der Waals surface area contributed by atoms with Gasteiger partial charge in [0.1, 0.15) is 17.3 Å². The lowest BCUT2D eigenvalue weighted by Crippen LogP contribution is -2.35. The number of benzene rings is 7. The molecule has 0 aliphatic heterocycles. The molecule has 9 aromatic rings. The van der Waals surface area contributed by atoms with E-state index in [1.807, 2.05) is 30.3 Å². The van der Waals surface area contributed by atoms with Crippen LogP contribution in [0.3, 0.4) is 0 Å². The molecule has 0 amide bonds. The number of H-pyrrole nitrogens is 2. The Kier molecular flexibility index (Phi) is 26.9. The number of nitrogens with one attached hydrogen (secondary N) is 3. The third-order valence-electron chi connectivity index (χ3n) is 11.9. The number of hydrazone groups is 1. The van der Waals surface area contributed by atoms with Crippen LogP contribution in [0.2, 0.25) is 5.02 Å². The fourth-order valence-electron chi connectivity index (χ4n) is 7.51. The van der Waals surface area contributed by atoms with Gasteiger partial charge in [-0.2, -0.15) is 13.5 Å². The molecule has 25 nitrogen and oxygen atoms in total. The first-order valence-electron chi connectivity index (χ1n) is 26.6. The van der Waals surface area contributed by atoms with Crippen molar-refractivity contribution >= 4 is 108 Å². The van der Waals surface area contributed by atoms with Gasteiger partial charge in [-0.1, -0.05) is 78.0 Å². The standard InChI is InChI=1S/C21H18N2O5S.C16H16N2O7S.C13H10ClNO2S2.C12H10N2O4S/c1-27-19-13-12-16(14-20(19)28-21(24)17-8-4-2-5-9-17)15-22-23-29(25,26)18-10-6-3-7-11-18;1-11-3-8-14(9-15(11)18(21)22)26(23,24)17(10-16(19)20)12-4-6-13(25-2)7-5-12;14-9-3-5-10(6-4-9)19-13-11(2-1-7-15-13)18-8-12(16)17;15-10-5-7(13-12(18)14-10)6-19-9-4-2-1-3-8(9)11(16)17/h2-15,23H,1H3;3-9H,10H2,1-2H3,(H,19,20);1-7H,8H2,(H,16,17);1-5H,6H2,(H,16,17)(H2,13,14,15,18)/b22-15+;;;. The Morgan fingerprint density at radius 2 is 1.38 bits per heavy atom. The number of aromatic carboxylic acids is 1. The predicted molar refractivity (Wildman–Crippen MR) is 351 cm³/mol. The number of pyridine rings is 1. The molecule has 0 aliphatic carbocycles. The number of thioether (sulfide) groups is 2. The Balaban J connectivity index is 0.000000200. The van der Waals surface area contributed by atoms with E-state index in [-0.39, 0.29) is 38.2 Å². The molecule has 0 unspecified atom stereocenters. The lowest BCUT2D eigenvalue weighted by atomic mass is 10.2. The van der Waals surface area contributed by atoms with E-state index >= 15 is 0 Å². The van der Waals surface area contributed by atoms with Crippen LogP contribution in [0.15, 0.2) is 238 Å². The van der Waals surface area contributed by atoms with Crippen LogP contribution < -0.4 is 34.6 Å². The summed E-state index contributed by atoms with van der Waals surface area (Å²) in [5.41, 5.74) is 0.511. The second kappa shape index (κ2) is 34.8. The minimum absolute atomic E-state index is 0.0276. The molecule has 0 aliphatic rings. The van der Waals surface area contributed by atoms with Crippen molar-refractivity contribution in [2.45, 2.75) is 42.2 Å². The summed E-state index contributed by atoms with van der Waals surface area (Å²) < 4.78 is 66.5. The van der Waals surface area contributed by atoms with Crippen LogP contribution in [0, 0.1) is 17.0 Å². The van der Waals surface area contributed by atoms with Crippen molar-refractivity contribution in [3.63, 3.8) is 0 Å². The SMILES string of the molecule is COc1ccc(/C=N/NS(=O)(=O)c2ccccc2)cc1OC(=O)c1ccccc1.COc1ccc(N(CC(=O)O)S(=O)(=O)c2ccc(C)c([N+](=O)[O-])c2)cc1.O=C(O)CSc1cccnc1Sc1ccc(Cl)cc1.O=C(O)c1ccccc1SCc1cc(=O)[nH]c(=O)[nH]1. The number of halogens is 1. The molecule has 31 heteroatoms. The zero-order chi connectivity index (χ0) is 67.7. The highest BCUT2D eigenvalue weighted by molar-refractivity contribution is 8.02. The summed E-state index contributed by atoms with van der Waals surface area (Å²) in [4.78, 5) is 90.9. The number of ether oxygens (including phenoxy) is 3. The summed E-state index contributed by atoms with van der Waals surface area (Å²) >= 11 is 9.84. The minimum Gasteiger partial charge on any atom is -0.497 e. The van der Waals surface area contributed by atoms with Crippen LogP contribution in [-0.2, 0) is 35.4 Å². The second-order valence-electron chi connectivity index (χ2n) is 18.4. The number of aryl methyl sites for hydroxylation is 1. The van der Waals surface area contributed by atoms with Crippen LogP contribution in [0.4, 0.5) is 11.4 Å². The number of esters is 1. The first-order chi connectivity index (χ1) is 44.4. The van der Waals surface area contributed by atoms with Crippen LogP contribution in [-0.4, -0.2) is 109 Å². The number of aromatic nitrogens is 3. The molecule has 6 N–H and O–H groups in total. The molecule has 0 saturated carbocycles. The Labute approximate surface area is 548 Å². The van der Waals surface area contributed by atoms with E-state index in [4.69, 9.17) is 41.1 Å². The van der Waals surface area contributed by atoms with Gasteiger partial charge in [-0.05, 0) is 134 Å². The summed E-state index contributed by atoms with van der Waals surface area (Å²) in [7, 11) is -5.21. The quantitative estimate of drug-likeness (QED) is 0.00865. The third kappa shape index (κ3) is 22.3. The van der Waals surface area contributed by atoms with Crippen LogP contribution in [0.1, 0.15) is 37.5 Å². The number of hydrogen-bond donors (Lipinski definition) is 6. The number of aliphatic carboxylic acids is 2. The van der Waals surface area contributed by atoms with Gasteiger partial charge in [-0.15, -0.1) is 23.5 Å². The molecule has 93 heavy (non-hydrogen) atoms. The lowest BCUT2D eigenvalue weighted by molar-refractivity contribution is -0.385. The number of carbonyl (C=O) groups is 4. The molecule has 482 valence electrons. The van der Waals surface area contributed by atoms with E-state index in [1.165, 1.54) is 129 Å². The van der Waals surface area contributed by atoms with Gasteiger partial charge in [0.25, 0.3) is 31.3 Å². The molecule has 0 radical (unpaired) electrons. The average molecular weight is 1380 g/mol. The first kappa shape index (κ1) is 71.8. The van der Waals surface area contributed by atoms with Gasteiger partial charge in [0.2, 0.25) is 0 Å². The van der Waals surface area contributed by atoms with Crippen LogP contribution >= 0.6 is 46.9 Å². The van der Waals surface area contributed by atoms with Crippen molar-refractivity contribution < 1.29 is 70.5 Å². The van der Waals surface area contributed by atoms with Crippen molar-refractivity contribution in [1.82, 2.24) is 19.8 Å². The van der Waals surface area contributed by atoms with E-state index in [2.05, 4.69) is 24.9 Å². The molecule has 7 aromatic carbocycles. The monoisotopic (exact) mass is 1380 g/mol. The molecule has 0 spiro atoms. The van der Waals surface area contributed by atoms with Crippen LogP contribution in [0.5, 0.6) is 17.2 Å². The number of carboxylic acid groups (broad SMARTS) is 3. The normalized spacial score (nSPS) is 10.8. The fraction of sp³-hybridized carbons (Fsp3) is 0.0968. The van der Waals surface area contributed by atoms with E-state index in [0.29, 0.717) is 53.9 Å². The number of carbonyl (C=O) groups excluding carboxylic acids is 1. The number of carboxylic acids is 3. The molecule has 9 rings (SSSR count). The minimum atomic E-state index is -4.33. The number of anilines is 1. The molecular formula is C62H54ClN7O18S5. The highest BCUT2D eigenvalue weighted by Gasteiger charge is 2.29. The number of aromatic amines is 2. The van der Waals surface area contributed by atoms with Gasteiger partial charge in [0.05, 0.1) is 57.7 Å². The number of nitro groups is 1. The topological polar surface area (TPSA) is 374 Å². The Morgan fingerprint density at radius 3 is 2.00 bits per heavy atom. The van der Waals surface area contributed by atoms with Crippen molar-refractivity contribution in [2.75, 3.05) is 30.8 Å². The van der Waals surface area contributed by atoms with Gasteiger partial charge in [-0.3, -0.25) is 33.8 Å². The van der Waals surface area contributed by atoms with Crippen molar-refractivity contribution in [3.8, 4) is 17.2 Å². The smallest absolute Gasteiger partial charge is 0.343 e. The molecule has 0 atom stereocenters. The Bertz CT molecular complexity index is 4450. The molecule has 2 aromatic heterocycles. The van der Waals surface area contributed by atoms with Gasteiger partial charge in [0, 0.05) is 55.0 Å². The van der Waals surface area contributed by atoms with Gasteiger partial charge in [0.15, 0.2) is 11.5 Å². The number of rotatable bonds is 23.